The molecule has 0 atom stereocenters. The minimum absolute atomic E-state index is 0.0385. The van der Waals surface area contributed by atoms with Gasteiger partial charge in [-0.2, -0.15) is 0 Å². The van der Waals surface area contributed by atoms with E-state index in [4.69, 9.17) is 4.74 Å². The number of amides is 1. The summed E-state index contributed by atoms with van der Waals surface area (Å²) in [5, 5.41) is 0. The molecule has 0 radical (unpaired) electrons. The summed E-state index contributed by atoms with van der Waals surface area (Å²) < 4.78 is 32.5. The first-order chi connectivity index (χ1) is 13.8. The second-order valence-electron chi connectivity index (χ2n) is 7.36. The van der Waals surface area contributed by atoms with Gasteiger partial charge in [0, 0.05) is 25.7 Å². The van der Waals surface area contributed by atoms with Crippen molar-refractivity contribution in [2.24, 2.45) is 0 Å². The Balaban J connectivity index is 1.90. The maximum atomic E-state index is 13.1. The number of carbonyl (C=O) groups excluding carboxylic acids is 1. The van der Waals surface area contributed by atoms with Crippen molar-refractivity contribution in [3.63, 3.8) is 0 Å². The standard InChI is InChI=1S/C22H28N2O4S/c1-17-8-9-18(22(25)24-14-6-4-5-7-15-24)16-21(17)23(2)29(26,27)20-12-10-19(28-3)11-13-20/h8-13,16H,4-7,14-15H2,1-3H3. The topological polar surface area (TPSA) is 66.9 Å². The Labute approximate surface area is 173 Å². The molecule has 2 aromatic carbocycles. The first-order valence-electron chi connectivity index (χ1n) is 9.87. The number of benzene rings is 2. The minimum atomic E-state index is -3.76. The molecule has 7 heteroatoms. The van der Waals surface area contributed by atoms with Crippen LogP contribution in [0.1, 0.15) is 41.6 Å². The highest BCUT2D eigenvalue weighted by atomic mass is 32.2. The van der Waals surface area contributed by atoms with Gasteiger partial charge in [0.25, 0.3) is 15.9 Å². The van der Waals surface area contributed by atoms with Gasteiger partial charge in [0.2, 0.25) is 0 Å². The number of sulfonamides is 1. The Morgan fingerprint density at radius 1 is 1.00 bits per heavy atom. The number of likely N-dealkylation sites (tertiary alicyclic amines) is 1. The van der Waals surface area contributed by atoms with Crippen LogP contribution in [0.3, 0.4) is 0 Å². The number of rotatable bonds is 5. The van der Waals surface area contributed by atoms with Crippen LogP contribution in [0.25, 0.3) is 0 Å². The van der Waals surface area contributed by atoms with Crippen molar-refractivity contribution < 1.29 is 17.9 Å². The summed E-state index contributed by atoms with van der Waals surface area (Å²) in [6.45, 7) is 3.35. The lowest BCUT2D eigenvalue weighted by Crippen LogP contribution is -2.32. The number of aryl methyl sites for hydroxylation is 1. The van der Waals surface area contributed by atoms with Crippen LogP contribution >= 0.6 is 0 Å². The zero-order valence-corrected chi connectivity index (χ0v) is 18.0. The maximum absolute atomic E-state index is 13.1. The lowest BCUT2D eigenvalue weighted by Gasteiger charge is -2.24. The second-order valence-corrected chi connectivity index (χ2v) is 9.33. The highest BCUT2D eigenvalue weighted by Crippen LogP contribution is 2.28. The van der Waals surface area contributed by atoms with E-state index in [-0.39, 0.29) is 10.8 Å². The van der Waals surface area contributed by atoms with Crippen molar-refractivity contribution in [1.29, 1.82) is 0 Å². The predicted molar refractivity (Wildman–Crippen MR) is 114 cm³/mol. The van der Waals surface area contributed by atoms with Crippen LogP contribution in [0.15, 0.2) is 47.4 Å². The SMILES string of the molecule is COc1ccc(S(=O)(=O)N(C)c2cc(C(=O)N3CCCCCC3)ccc2C)cc1. The Kier molecular flexibility index (Phi) is 6.47. The van der Waals surface area contributed by atoms with Crippen molar-refractivity contribution in [1.82, 2.24) is 4.90 Å². The van der Waals surface area contributed by atoms with Crippen LogP contribution in [0.2, 0.25) is 0 Å². The normalized spacial score (nSPS) is 14.9. The van der Waals surface area contributed by atoms with E-state index in [9.17, 15) is 13.2 Å². The van der Waals surface area contributed by atoms with Crippen LogP contribution in [-0.2, 0) is 10.0 Å². The van der Waals surface area contributed by atoms with Gasteiger partial charge in [-0.15, -0.1) is 0 Å². The molecule has 0 unspecified atom stereocenters. The minimum Gasteiger partial charge on any atom is -0.497 e. The van der Waals surface area contributed by atoms with Gasteiger partial charge < -0.3 is 9.64 Å². The Morgan fingerprint density at radius 3 is 2.21 bits per heavy atom. The fourth-order valence-corrected chi connectivity index (χ4v) is 4.83. The molecular weight excluding hydrogens is 388 g/mol. The summed E-state index contributed by atoms with van der Waals surface area (Å²) in [5.41, 5.74) is 1.81. The average Bonchev–Trinajstić information content (AvgIpc) is 3.02. The van der Waals surface area contributed by atoms with E-state index >= 15 is 0 Å². The maximum Gasteiger partial charge on any atom is 0.264 e. The summed E-state index contributed by atoms with van der Waals surface area (Å²) in [7, 11) is -0.710. The van der Waals surface area contributed by atoms with E-state index in [1.165, 1.54) is 30.6 Å². The van der Waals surface area contributed by atoms with Crippen LogP contribution in [0, 0.1) is 6.92 Å². The number of hydrogen-bond donors (Lipinski definition) is 0. The Morgan fingerprint density at radius 2 is 1.62 bits per heavy atom. The highest BCUT2D eigenvalue weighted by Gasteiger charge is 2.24. The van der Waals surface area contributed by atoms with Crippen molar-refractivity contribution in [2.45, 2.75) is 37.5 Å². The van der Waals surface area contributed by atoms with Crippen LogP contribution in [0.5, 0.6) is 5.75 Å². The number of carbonyl (C=O) groups is 1. The van der Waals surface area contributed by atoms with E-state index in [1.807, 2.05) is 11.8 Å². The molecule has 6 nitrogen and oxygen atoms in total. The van der Waals surface area contributed by atoms with Gasteiger partial charge >= 0.3 is 0 Å². The number of ether oxygens (including phenoxy) is 1. The molecule has 0 aromatic heterocycles. The molecule has 0 saturated carbocycles. The van der Waals surface area contributed by atoms with E-state index in [0.717, 1.165) is 44.3 Å². The number of methoxy groups -OCH3 is 1. The molecule has 2 aromatic rings. The third-order valence-corrected chi connectivity index (χ3v) is 7.19. The van der Waals surface area contributed by atoms with Crippen LogP contribution in [-0.4, -0.2) is 46.5 Å². The molecule has 156 valence electrons. The molecule has 1 fully saturated rings. The molecule has 1 aliphatic rings. The summed E-state index contributed by atoms with van der Waals surface area (Å²) >= 11 is 0. The van der Waals surface area contributed by atoms with Gasteiger partial charge in [0.1, 0.15) is 5.75 Å². The van der Waals surface area contributed by atoms with Gasteiger partial charge in [-0.05, 0) is 61.7 Å². The first kappa shape index (κ1) is 21.2. The van der Waals surface area contributed by atoms with Gasteiger partial charge in [-0.3, -0.25) is 9.10 Å². The average molecular weight is 417 g/mol. The zero-order valence-electron chi connectivity index (χ0n) is 17.2. The van der Waals surface area contributed by atoms with E-state index in [0.29, 0.717) is 17.0 Å². The number of hydrogen-bond acceptors (Lipinski definition) is 4. The molecule has 0 bridgehead atoms. The summed E-state index contributed by atoms with van der Waals surface area (Å²) in [5.74, 6) is 0.552. The molecule has 0 spiro atoms. The van der Waals surface area contributed by atoms with Crippen molar-refractivity contribution in [3.8, 4) is 5.75 Å². The molecule has 29 heavy (non-hydrogen) atoms. The van der Waals surface area contributed by atoms with Crippen molar-refractivity contribution in [3.05, 3.63) is 53.6 Å². The van der Waals surface area contributed by atoms with E-state index in [2.05, 4.69) is 0 Å². The quantitative estimate of drug-likeness (QED) is 0.743. The highest BCUT2D eigenvalue weighted by molar-refractivity contribution is 7.92. The summed E-state index contributed by atoms with van der Waals surface area (Å²) in [6.07, 6.45) is 4.31. The molecular formula is C22H28N2O4S. The predicted octanol–water partition coefficient (Wildman–Crippen LogP) is 3.84. The van der Waals surface area contributed by atoms with Gasteiger partial charge in [-0.1, -0.05) is 18.9 Å². The second kappa shape index (κ2) is 8.86. The smallest absolute Gasteiger partial charge is 0.264 e. The fourth-order valence-electron chi connectivity index (χ4n) is 3.57. The van der Waals surface area contributed by atoms with Crippen molar-refractivity contribution >= 4 is 21.6 Å². The van der Waals surface area contributed by atoms with Crippen LogP contribution < -0.4 is 9.04 Å². The fraction of sp³-hybridized carbons (Fsp3) is 0.409. The first-order valence-corrected chi connectivity index (χ1v) is 11.3. The molecule has 0 N–H and O–H groups in total. The van der Waals surface area contributed by atoms with Gasteiger partial charge in [0.05, 0.1) is 17.7 Å². The summed E-state index contributed by atoms with van der Waals surface area (Å²) in [6, 6.07) is 11.5. The molecule has 0 aliphatic carbocycles. The molecule has 3 rings (SSSR count). The lowest BCUT2D eigenvalue weighted by atomic mass is 10.1. The van der Waals surface area contributed by atoms with Crippen LogP contribution in [0.4, 0.5) is 5.69 Å². The molecule has 1 aliphatic heterocycles. The van der Waals surface area contributed by atoms with E-state index < -0.39 is 10.0 Å². The molecule has 1 amide bonds. The number of anilines is 1. The van der Waals surface area contributed by atoms with Gasteiger partial charge in [0.15, 0.2) is 0 Å². The van der Waals surface area contributed by atoms with E-state index in [1.54, 1.807) is 30.3 Å². The molecule has 1 saturated heterocycles. The Bertz CT molecular complexity index is 963. The zero-order chi connectivity index (χ0) is 21.0. The number of nitrogens with zero attached hydrogens (tertiary/aromatic N) is 2. The molecule has 1 heterocycles. The largest absolute Gasteiger partial charge is 0.497 e. The van der Waals surface area contributed by atoms with Gasteiger partial charge in [-0.25, -0.2) is 8.42 Å². The lowest BCUT2D eigenvalue weighted by molar-refractivity contribution is 0.0761. The third-order valence-electron chi connectivity index (χ3n) is 5.41. The Hall–Kier alpha value is -2.54. The summed E-state index contributed by atoms with van der Waals surface area (Å²) in [4.78, 5) is 15.0. The van der Waals surface area contributed by atoms with Crippen molar-refractivity contribution in [2.75, 3.05) is 31.6 Å². The third kappa shape index (κ3) is 4.56. The monoisotopic (exact) mass is 416 g/mol.